The van der Waals surface area contributed by atoms with Gasteiger partial charge in [-0.1, -0.05) is 35.8 Å². The van der Waals surface area contributed by atoms with Gasteiger partial charge in [-0.2, -0.15) is 4.98 Å². The molecule has 1 saturated heterocycles. The summed E-state index contributed by atoms with van der Waals surface area (Å²) in [4.78, 5) is 22.8. The fourth-order valence-corrected chi connectivity index (χ4v) is 3.40. The first-order valence-corrected chi connectivity index (χ1v) is 10.4. The van der Waals surface area contributed by atoms with E-state index in [0.717, 1.165) is 31.0 Å². The van der Waals surface area contributed by atoms with E-state index in [2.05, 4.69) is 25.8 Å². The van der Waals surface area contributed by atoms with Gasteiger partial charge in [-0.05, 0) is 25.5 Å². The zero-order valence-electron chi connectivity index (χ0n) is 16.8. The largest absolute Gasteiger partial charge is 0.357 e. The second kappa shape index (κ2) is 10.2. The van der Waals surface area contributed by atoms with Crippen molar-refractivity contribution in [3.05, 3.63) is 35.2 Å². The normalized spacial score (nSPS) is 16.9. The second-order valence-corrected chi connectivity index (χ2v) is 7.29. The molecule has 1 aliphatic rings. The Balaban J connectivity index is 1.54. The molecular formula is C20H27ClN6O2. The number of hydrogen-bond donors (Lipinski definition) is 2. The van der Waals surface area contributed by atoms with Crippen LogP contribution in [0.4, 0.5) is 0 Å². The number of benzene rings is 1. The summed E-state index contributed by atoms with van der Waals surface area (Å²) < 4.78 is 5.33. The number of carbonyl (C=O) groups is 1. The van der Waals surface area contributed by atoms with Crippen molar-refractivity contribution in [2.45, 2.75) is 39.2 Å². The molecule has 0 bridgehead atoms. The number of aliphatic imine (C=N–C) groups is 1. The van der Waals surface area contributed by atoms with Crippen LogP contribution in [0, 0.1) is 0 Å². The maximum Gasteiger partial charge on any atom is 0.228 e. The first-order chi connectivity index (χ1) is 14.1. The predicted molar refractivity (Wildman–Crippen MR) is 113 cm³/mol. The van der Waals surface area contributed by atoms with E-state index >= 15 is 0 Å². The van der Waals surface area contributed by atoms with E-state index in [1.54, 1.807) is 12.1 Å². The van der Waals surface area contributed by atoms with E-state index in [4.69, 9.17) is 16.1 Å². The van der Waals surface area contributed by atoms with Crippen molar-refractivity contribution in [1.82, 2.24) is 25.7 Å². The monoisotopic (exact) mass is 418 g/mol. The molecule has 156 valence electrons. The first kappa shape index (κ1) is 21.1. The smallest absolute Gasteiger partial charge is 0.228 e. The van der Waals surface area contributed by atoms with Crippen LogP contribution < -0.4 is 10.6 Å². The highest BCUT2D eigenvalue weighted by Crippen LogP contribution is 2.20. The SMILES string of the molecule is CCNC(=NCCc1nc(-c2cccc(Cl)c2)no1)NC1CCN(C(=O)CC)C1. The van der Waals surface area contributed by atoms with E-state index in [0.29, 0.717) is 42.7 Å². The van der Waals surface area contributed by atoms with E-state index in [9.17, 15) is 4.79 Å². The molecule has 1 unspecified atom stereocenters. The van der Waals surface area contributed by atoms with Crippen LogP contribution in [0.5, 0.6) is 0 Å². The van der Waals surface area contributed by atoms with Crippen molar-refractivity contribution in [3.8, 4) is 11.4 Å². The molecule has 1 atom stereocenters. The highest BCUT2D eigenvalue weighted by molar-refractivity contribution is 6.30. The van der Waals surface area contributed by atoms with Gasteiger partial charge in [0.15, 0.2) is 5.96 Å². The zero-order valence-corrected chi connectivity index (χ0v) is 17.6. The molecule has 1 aliphatic heterocycles. The molecule has 2 N–H and O–H groups in total. The van der Waals surface area contributed by atoms with E-state index in [-0.39, 0.29) is 11.9 Å². The number of guanidine groups is 1. The second-order valence-electron chi connectivity index (χ2n) is 6.86. The molecular weight excluding hydrogens is 392 g/mol. The minimum Gasteiger partial charge on any atom is -0.357 e. The molecule has 0 radical (unpaired) electrons. The Kier molecular flexibility index (Phi) is 7.46. The number of rotatable bonds is 7. The van der Waals surface area contributed by atoms with Crippen LogP contribution in [0.2, 0.25) is 5.02 Å². The molecule has 1 amide bonds. The summed E-state index contributed by atoms with van der Waals surface area (Å²) in [7, 11) is 0. The number of carbonyl (C=O) groups excluding carboxylic acids is 1. The molecule has 8 nitrogen and oxygen atoms in total. The third kappa shape index (κ3) is 5.93. The van der Waals surface area contributed by atoms with E-state index in [1.807, 2.05) is 30.9 Å². The summed E-state index contributed by atoms with van der Waals surface area (Å²) >= 11 is 6.01. The lowest BCUT2D eigenvalue weighted by molar-refractivity contribution is -0.129. The number of amides is 1. The number of hydrogen-bond acceptors (Lipinski definition) is 5. The van der Waals surface area contributed by atoms with Crippen LogP contribution in [0.3, 0.4) is 0 Å². The Morgan fingerprint density at radius 2 is 2.28 bits per heavy atom. The average molecular weight is 419 g/mol. The molecule has 2 aromatic rings. The maximum atomic E-state index is 11.8. The lowest BCUT2D eigenvalue weighted by Crippen LogP contribution is -2.45. The topological polar surface area (TPSA) is 95.7 Å². The molecule has 29 heavy (non-hydrogen) atoms. The van der Waals surface area contributed by atoms with Gasteiger partial charge in [0, 0.05) is 49.1 Å². The van der Waals surface area contributed by atoms with Gasteiger partial charge in [-0.15, -0.1) is 0 Å². The highest BCUT2D eigenvalue weighted by atomic mass is 35.5. The molecule has 1 fully saturated rings. The lowest BCUT2D eigenvalue weighted by atomic mass is 10.2. The van der Waals surface area contributed by atoms with Gasteiger partial charge in [-0.25, -0.2) is 0 Å². The van der Waals surface area contributed by atoms with Gasteiger partial charge in [0.25, 0.3) is 0 Å². The third-order valence-electron chi connectivity index (χ3n) is 4.67. The average Bonchev–Trinajstić information content (AvgIpc) is 3.37. The Bertz CT molecular complexity index is 853. The lowest BCUT2D eigenvalue weighted by Gasteiger charge is -2.18. The van der Waals surface area contributed by atoms with Gasteiger partial charge in [-0.3, -0.25) is 9.79 Å². The van der Waals surface area contributed by atoms with Gasteiger partial charge < -0.3 is 20.1 Å². The number of nitrogens with one attached hydrogen (secondary N) is 2. The quantitative estimate of drug-likeness (QED) is 0.529. The number of halogens is 1. The first-order valence-electron chi connectivity index (χ1n) is 10.00. The fourth-order valence-electron chi connectivity index (χ4n) is 3.21. The molecule has 3 rings (SSSR count). The van der Waals surface area contributed by atoms with Crippen molar-refractivity contribution in [2.24, 2.45) is 4.99 Å². The van der Waals surface area contributed by atoms with Crippen LogP contribution >= 0.6 is 11.6 Å². The Hall–Kier alpha value is -2.61. The van der Waals surface area contributed by atoms with Gasteiger partial charge in [0.1, 0.15) is 0 Å². The molecule has 1 aromatic heterocycles. The summed E-state index contributed by atoms with van der Waals surface area (Å²) in [5.41, 5.74) is 0.818. The number of aromatic nitrogens is 2. The van der Waals surface area contributed by atoms with Crippen molar-refractivity contribution in [3.63, 3.8) is 0 Å². The molecule has 0 saturated carbocycles. The van der Waals surface area contributed by atoms with E-state index in [1.165, 1.54) is 0 Å². The van der Waals surface area contributed by atoms with Crippen LogP contribution in [0.25, 0.3) is 11.4 Å². The third-order valence-corrected chi connectivity index (χ3v) is 4.91. The van der Waals surface area contributed by atoms with Crippen molar-refractivity contribution in [2.75, 3.05) is 26.2 Å². The molecule has 0 aliphatic carbocycles. The zero-order chi connectivity index (χ0) is 20.6. The standard InChI is InChI=1S/C20H27ClN6O2/c1-3-18(28)27-11-9-16(13-27)24-20(22-4-2)23-10-8-17-25-19(26-29-17)14-6-5-7-15(21)12-14/h5-7,12,16H,3-4,8-11,13H2,1-2H3,(H2,22,23,24). The van der Waals surface area contributed by atoms with Crippen molar-refractivity contribution >= 4 is 23.5 Å². The number of likely N-dealkylation sites (tertiary alicyclic amines) is 1. The van der Waals surface area contributed by atoms with Crippen LogP contribution in [0.1, 0.15) is 32.6 Å². The van der Waals surface area contributed by atoms with Gasteiger partial charge in [0.2, 0.25) is 17.6 Å². The van der Waals surface area contributed by atoms with Crippen molar-refractivity contribution in [1.29, 1.82) is 0 Å². The van der Waals surface area contributed by atoms with Crippen LogP contribution in [-0.2, 0) is 11.2 Å². The van der Waals surface area contributed by atoms with Gasteiger partial charge in [0.05, 0.1) is 6.54 Å². The Morgan fingerprint density at radius 1 is 1.41 bits per heavy atom. The summed E-state index contributed by atoms with van der Waals surface area (Å²) in [5, 5.41) is 11.3. The summed E-state index contributed by atoms with van der Waals surface area (Å²) in [6.07, 6.45) is 2.00. The Morgan fingerprint density at radius 3 is 3.03 bits per heavy atom. The fraction of sp³-hybridized carbons (Fsp3) is 0.500. The predicted octanol–water partition coefficient (Wildman–Crippen LogP) is 2.50. The molecule has 0 spiro atoms. The number of nitrogens with zero attached hydrogens (tertiary/aromatic N) is 4. The van der Waals surface area contributed by atoms with Crippen molar-refractivity contribution < 1.29 is 9.32 Å². The maximum absolute atomic E-state index is 11.8. The summed E-state index contributed by atoms with van der Waals surface area (Å²) in [6, 6.07) is 7.55. The molecule has 9 heteroatoms. The van der Waals surface area contributed by atoms with E-state index < -0.39 is 0 Å². The van der Waals surface area contributed by atoms with Crippen LogP contribution in [-0.4, -0.2) is 59.1 Å². The summed E-state index contributed by atoms with van der Waals surface area (Å²) in [6.45, 7) is 6.69. The molecule has 2 heterocycles. The summed E-state index contributed by atoms with van der Waals surface area (Å²) in [5.74, 6) is 1.98. The molecule has 1 aromatic carbocycles. The van der Waals surface area contributed by atoms with Crippen LogP contribution in [0.15, 0.2) is 33.8 Å². The minimum absolute atomic E-state index is 0.197. The Labute approximate surface area is 175 Å². The highest BCUT2D eigenvalue weighted by Gasteiger charge is 2.25. The minimum atomic E-state index is 0.197. The van der Waals surface area contributed by atoms with Gasteiger partial charge >= 0.3 is 0 Å².